The van der Waals surface area contributed by atoms with Gasteiger partial charge >= 0.3 is 5.97 Å². The first-order valence-electron chi connectivity index (χ1n) is 5.76. The Kier molecular flexibility index (Phi) is 18.1. The molecule has 0 saturated carbocycles. The molecule has 0 aliphatic carbocycles. The van der Waals surface area contributed by atoms with Gasteiger partial charge in [0.2, 0.25) is 0 Å². The minimum Gasteiger partial charge on any atom is -0.478 e. The maximum absolute atomic E-state index is 9.25. The van der Waals surface area contributed by atoms with E-state index >= 15 is 0 Å². The molecule has 0 saturated heterocycles. The number of hydrogen-bond donors (Lipinski definition) is 3. The zero-order valence-corrected chi connectivity index (χ0v) is 9.90. The van der Waals surface area contributed by atoms with E-state index in [1.807, 2.05) is 0 Å². The molecular weight excluding hydrogens is 208 g/mol. The van der Waals surface area contributed by atoms with Crippen LogP contribution < -0.4 is 0 Å². The first-order chi connectivity index (χ1) is 7.68. The second kappa shape index (κ2) is 16.6. The van der Waals surface area contributed by atoms with Crippen LogP contribution in [0.2, 0.25) is 0 Å². The Bertz CT molecular complexity index is 149. The lowest BCUT2D eigenvalue weighted by atomic mass is 10.1. The average Bonchev–Trinajstić information content (AvgIpc) is 2.29. The summed E-state index contributed by atoms with van der Waals surface area (Å²) in [4.78, 5) is 9.25. The molecule has 0 fully saturated rings. The van der Waals surface area contributed by atoms with E-state index in [1.54, 1.807) is 0 Å². The van der Waals surface area contributed by atoms with Gasteiger partial charge in [0.05, 0.1) is 0 Å². The average molecular weight is 232 g/mol. The van der Waals surface area contributed by atoms with E-state index in [9.17, 15) is 4.79 Å². The van der Waals surface area contributed by atoms with Crippen molar-refractivity contribution in [2.45, 2.75) is 44.9 Å². The Labute approximate surface area is 97.6 Å². The molecule has 0 rings (SSSR count). The number of carbonyl (C=O) groups is 1. The summed E-state index contributed by atoms with van der Waals surface area (Å²) in [7, 11) is 0. The molecule has 4 heteroatoms. The fourth-order valence-corrected chi connectivity index (χ4v) is 1.11. The third-order valence-corrected chi connectivity index (χ3v) is 1.99. The van der Waals surface area contributed by atoms with Crippen LogP contribution in [0.4, 0.5) is 0 Å². The first kappa shape index (κ1) is 17.5. The fourth-order valence-electron chi connectivity index (χ4n) is 1.11. The lowest BCUT2D eigenvalue weighted by molar-refractivity contribution is -0.131. The quantitative estimate of drug-likeness (QED) is 0.419. The molecule has 16 heavy (non-hydrogen) atoms. The van der Waals surface area contributed by atoms with Crippen molar-refractivity contribution < 1.29 is 20.1 Å². The highest BCUT2D eigenvalue weighted by molar-refractivity contribution is 5.78. The van der Waals surface area contributed by atoms with Crippen molar-refractivity contribution in [2.75, 3.05) is 13.2 Å². The standard InChI is InChI=1S/C9H20O2.C3H4O2/c10-8-6-4-2-1-3-5-7-9-11;1-2-3(4)5/h10-11H,1-9H2;2H,1H2,(H,4,5). The molecule has 3 N–H and O–H groups in total. The van der Waals surface area contributed by atoms with Gasteiger partial charge in [-0.25, -0.2) is 4.79 Å². The molecule has 0 aromatic rings. The number of rotatable bonds is 9. The van der Waals surface area contributed by atoms with Crippen LogP contribution in [0.3, 0.4) is 0 Å². The number of aliphatic carboxylic acids is 1. The van der Waals surface area contributed by atoms with Crippen LogP contribution in [0, 0.1) is 0 Å². The van der Waals surface area contributed by atoms with Gasteiger partial charge in [0, 0.05) is 19.3 Å². The second-order valence-electron chi connectivity index (χ2n) is 3.46. The van der Waals surface area contributed by atoms with Crippen LogP contribution in [0.1, 0.15) is 44.9 Å². The molecule has 0 unspecified atom stereocenters. The number of carboxylic acid groups (broad SMARTS) is 1. The molecule has 0 aromatic carbocycles. The number of aliphatic hydroxyl groups is 2. The molecule has 0 spiro atoms. The smallest absolute Gasteiger partial charge is 0.327 e. The predicted molar refractivity (Wildman–Crippen MR) is 64.3 cm³/mol. The Balaban J connectivity index is 0. The van der Waals surface area contributed by atoms with Crippen molar-refractivity contribution in [3.05, 3.63) is 12.7 Å². The Morgan fingerprint density at radius 1 is 0.875 bits per heavy atom. The highest BCUT2D eigenvalue weighted by Gasteiger charge is 1.89. The van der Waals surface area contributed by atoms with Gasteiger partial charge in [-0.3, -0.25) is 0 Å². The van der Waals surface area contributed by atoms with E-state index in [-0.39, 0.29) is 0 Å². The summed E-state index contributed by atoms with van der Waals surface area (Å²) in [5.41, 5.74) is 0. The van der Waals surface area contributed by atoms with E-state index in [0.29, 0.717) is 13.2 Å². The van der Waals surface area contributed by atoms with Gasteiger partial charge in [-0.05, 0) is 12.8 Å². The summed E-state index contributed by atoms with van der Waals surface area (Å²) in [6.45, 7) is 3.62. The van der Waals surface area contributed by atoms with Gasteiger partial charge in [-0.1, -0.05) is 38.7 Å². The molecule has 96 valence electrons. The molecule has 0 amide bonds. The van der Waals surface area contributed by atoms with Gasteiger partial charge in [-0.2, -0.15) is 0 Å². The lowest BCUT2D eigenvalue weighted by Gasteiger charge is -1.98. The van der Waals surface area contributed by atoms with Crippen molar-refractivity contribution in [1.29, 1.82) is 0 Å². The largest absolute Gasteiger partial charge is 0.478 e. The minimum atomic E-state index is -0.981. The van der Waals surface area contributed by atoms with Gasteiger partial charge in [0.15, 0.2) is 0 Å². The van der Waals surface area contributed by atoms with Crippen LogP contribution in [0.5, 0.6) is 0 Å². The zero-order chi connectivity index (χ0) is 12.6. The molecule has 4 nitrogen and oxygen atoms in total. The highest BCUT2D eigenvalue weighted by atomic mass is 16.4. The molecule has 0 aromatic heterocycles. The number of carboxylic acids is 1. The molecule has 0 bridgehead atoms. The summed E-state index contributed by atoms with van der Waals surface area (Å²) in [5, 5.41) is 24.6. The normalized spacial score (nSPS) is 9.12. The summed E-state index contributed by atoms with van der Waals surface area (Å²) in [5.74, 6) is -0.981. The van der Waals surface area contributed by atoms with E-state index in [4.69, 9.17) is 15.3 Å². The molecule has 0 heterocycles. The van der Waals surface area contributed by atoms with Gasteiger partial charge in [0.1, 0.15) is 0 Å². The summed E-state index contributed by atoms with van der Waals surface area (Å²) < 4.78 is 0. The molecule has 0 atom stereocenters. The summed E-state index contributed by atoms with van der Waals surface area (Å²) in [6, 6.07) is 0. The molecule has 0 aliphatic heterocycles. The van der Waals surface area contributed by atoms with E-state index in [1.165, 1.54) is 19.3 Å². The fraction of sp³-hybridized carbons (Fsp3) is 0.750. The summed E-state index contributed by atoms with van der Waals surface area (Å²) in [6.07, 6.45) is 8.73. The Morgan fingerprint density at radius 3 is 1.31 bits per heavy atom. The van der Waals surface area contributed by atoms with Gasteiger partial charge in [0.25, 0.3) is 0 Å². The first-order valence-corrected chi connectivity index (χ1v) is 5.76. The van der Waals surface area contributed by atoms with E-state index in [2.05, 4.69) is 6.58 Å². The lowest BCUT2D eigenvalue weighted by Crippen LogP contribution is -1.85. The van der Waals surface area contributed by atoms with Crippen molar-refractivity contribution >= 4 is 5.97 Å². The third kappa shape index (κ3) is 23.2. The predicted octanol–water partition coefficient (Wildman–Crippen LogP) is 1.96. The van der Waals surface area contributed by atoms with E-state index in [0.717, 1.165) is 31.8 Å². The van der Waals surface area contributed by atoms with Crippen molar-refractivity contribution in [3.63, 3.8) is 0 Å². The van der Waals surface area contributed by atoms with Crippen LogP contribution in [0.15, 0.2) is 12.7 Å². The van der Waals surface area contributed by atoms with Gasteiger partial charge in [-0.15, -0.1) is 0 Å². The van der Waals surface area contributed by atoms with Crippen molar-refractivity contribution in [2.24, 2.45) is 0 Å². The zero-order valence-electron chi connectivity index (χ0n) is 9.90. The number of aliphatic hydroxyl groups excluding tert-OH is 2. The van der Waals surface area contributed by atoms with Crippen LogP contribution in [-0.2, 0) is 4.79 Å². The third-order valence-electron chi connectivity index (χ3n) is 1.99. The van der Waals surface area contributed by atoms with Crippen molar-refractivity contribution in [3.8, 4) is 0 Å². The molecule has 0 aliphatic rings. The van der Waals surface area contributed by atoms with Gasteiger partial charge < -0.3 is 15.3 Å². The monoisotopic (exact) mass is 232 g/mol. The topological polar surface area (TPSA) is 77.8 Å². The Morgan fingerprint density at radius 2 is 1.12 bits per heavy atom. The Hall–Kier alpha value is -0.870. The van der Waals surface area contributed by atoms with E-state index < -0.39 is 5.97 Å². The maximum atomic E-state index is 9.25. The number of unbranched alkanes of at least 4 members (excludes halogenated alkanes) is 6. The second-order valence-corrected chi connectivity index (χ2v) is 3.46. The molecule has 0 radical (unpaired) electrons. The van der Waals surface area contributed by atoms with Crippen LogP contribution in [0.25, 0.3) is 0 Å². The minimum absolute atomic E-state index is 0.330. The van der Waals surface area contributed by atoms with Crippen LogP contribution in [-0.4, -0.2) is 34.5 Å². The summed E-state index contributed by atoms with van der Waals surface area (Å²) >= 11 is 0. The van der Waals surface area contributed by atoms with Crippen molar-refractivity contribution in [1.82, 2.24) is 0 Å². The van der Waals surface area contributed by atoms with Crippen LogP contribution >= 0.6 is 0 Å². The maximum Gasteiger partial charge on any atom is 0.327 e. The SMILES string of the molecule is C=CC(=O)O.OCCCCCCCCCO. The molecular formula is C12H24O4. The number of hydrogen-bond acceptors (Lipinski definition) is 3. The highest BCUT2D eigenvalue weighted by Crippen LogP contribution is 2.06.